The van der Waals surface area contributed by atoms with E-state index in [0.717, 1.165) is 56.4 Å². The highest BCUT2D eigenvalue weighted by Crippen LogP contribution is 2.09. The molecule has 0 aromatic carbocycles. The average molecular weight is 369 g/mol. The first kappa shape index (κ1) is 19.4. The van der Waals surface area contributed by atoms with E-state index in [4.69, 9.17) is 10.1 Å². The SMILES string of the molecule is CN1CCN(Cc2cccc(C(=O)O)n2)CCN(C)Cc2cccc(n2)C1. The second kappa shape index (κ2) is 9.03. The van der Waals surface area contributed by atoms with Gasteiger partial charge in [0.25, 0.3) is 0 Å². The molecule has 0 spiro atoms. The molecule has 1 aliphatic heterocycles. The van der Waals surface area contributed by atoms with Crippen LogP contribution in [-0.2, 0) is 19.6 Å². The van der Waals surface area contributed by atoms with Gasteiger partial charge in [-0.25, -0.2) is 9.78 Å². The average Bonchev–Trinajstić information content (AvgIpc) is 2.63. The fourth-order valence-electron chi connectivity index (χ4n) is 3.23. The molecule has 0 amide bonds. The Balaban J connectivity index is 1.71. The fourth-order valence-corrected chi connectivity index (χ4v) is 3.23. The summed E-state index contributed by atoms with van der Waals surface area (Å²) >= 11 is 0. The van der Waals surface area contributed by atoms with Gasteiger partial charge < -0.3 is 5.11 Å². The van der Waals surface area contributed by atoms with E-state index in [2.05, 4.69) is 52.0 Å². The van der Waals surface area contributed by atoms with Crippen LogP contribution in [0, 0.1) is 0 Å². The van der Waals surface area contributed by atoms with Crippen molar-refractivity contribution in [2.75, 3.05) is 40.3 Å². The number of hydrogen-bond donors (Lipinski definition) is 1. The quantitative estimate of drug-likeness (QED) is 0.880. The molecule has 0 saturated heterocycles. The van der Waals surface area contributed by atoms with Crippen LogP contribution in [0.5, 0.6) is 0 Å². The summed E-state index contributed by atoms with van der Waals surface area (Å²) in [6.45, 7) is 5.89. The summed E-state index contributed by atoms with van der Waals surface area (Å²) in [4.78, 5) is 27.1. The van der Waals surface area contributed by atoms with E-state index in [1.54, 1.807) is 6.07 Å². The standard InChI is InChI=1S/C20H27N5O2/c1-23-9-11-25(15-18-7-4-8-19(22-18)20(26)27)12-10-24(2)14-17-6-3-5-16(13-23)21-17/h3-8H,9-15H2,1-2H3,(H,26,27). The van der Waals surface area contributed by atoms with Gasteiger partial charge in [0.1, 0.15) is 5.69 Å². The van der Waals surface area contributed by atoms with Crippen LogP contribution in [0.15, 0.2) is 36.4 Å². The minimum atomic E-state index is -0.987. The Bertz CT molecular complexity index is 751. The van der Waals surface area contributed by atoms with Crippen LogP contribution in [0.2, 0.25) is 0 Å². The van der Waals surface area contributed by atoms with Crippen LogP contribution in [-0.4, -0.2) is 76.0 Å². The summed E-state index contributed by atoms with van der Waals surface area (Å²) in [6.07, 6.45) is 0. The number of rotatable bonds is 3. The molecule has 3 rings (SSSR count). The van der Waals surface area contributed by atoms with Gasteiger partial charge in [0.05, 0.1) is 17.1 Å². The van der Waals surface area contributed by atoms with Crippen LogP contribution in [0.3, 0.4) is 0 Å². The molecular formula is C20H27N5O2. The van der Waals surface area contributed by atoms with Crippen molar-refractivity contribution in [3.63, 3.8) is 0 Å². The maximum absolute atomic E-state index is 11.2. The predicted molar refractivity (Wildman–Crippen MR) is 103 cm³/mol. The number of aromatic carboxylic acids is 1. The molecule has 2 aromatic rings. The molecule has 7 heteroatoms. The lowest BCUT2D eigenvalue weighted by atomic mass is 10.2. The molecule has 3 heterocycles. The van der Waals surface area contributed by atoms with Crippen molar-refractivity contribution >= 4 is 5.97 Å². The van der Waals surface area contributed by atoms with Gasteiger partial charge in [0.2, 0.25) is 0 Å². The number of aromatic nitrogens is 2. The van der Waals surface area contributed by atoms with Gasteiger partial charge in [0, 0.05) is 45.8 Å². The second-order valence-corrected chi connectivity index (χ2v) is 7.19. The largest absolute Gasteiger partial charge is 0.477 e. The van der Waals surface area contributed by atoms with Crippen molar-refractivity contribution in [3.05, 3.63) is 59.2 Å². The summed E-state index contributed by atoms with van der Waals surface area (Å²) in [6, 6.07) is 11.4. The normalized spacial score (nSPS) is 17.9. The Kier molecular flexibility index (Phi) is 6.49. The van der Waals surface area contributed by atoms with Crippen molar-refractivity contribution in [2.24, 2.45) is 0 Å². The van der Waals surface area contributed by atoms with E-state index in [-0.39, 0.29) is 5.69 Å². The van der Waals surface area contributed by atoms with E-state index in [1.807, 2.05) is 6.07 Å². The van der Waals surface area contributed by atoms with E-state index in [9.17, 15) is 4.79 Å². The third-order valence-corrected chi connectivity index (χ3v) is 4.74. The number of nitrogens with zero attached hydrogens (tertiary/aromatic N) is 5. The third-order valence-electron chi connectivity index (χ3n) is 4.74. The Hall–Kier alpha value is -2.35. The third kappa shape index (κ3) is 5.82. The summed E-state index contributed by atoms with van der Waals surface area (Å²) < 4.78 is 0. The first-order valence-electron chi connectivity index (χ1n) is 9.23. The molecule has 27 heavy (non-hydrogen) atoms. The molecule has 1 aliphatic rings. The van der Waals surface area contributed by atoms with Gasteiger partial charge >= 0.3 is 5.97 Å². The number of carboxylic acid groups (broad SMARTS) is 1. The highest BCUT2D eigenvalue weighted by molar-refractivity contribution is 5.85. The Morgan fingerprint density at radius 1 is 0.926 bits per heavy atom. The molecule has 7 nitrogen and oxygen atoms in total. The molecule has 2 bridgehead atoms. The summed E-state index contributed by atoms with van der Waals surface area (Å²) in [7, 11) is 4.21. The minimum Gasteiger partial charge on any atom is -0.477 e. The topological polar surface area (TPSA) is 72.8 Å². The van der Waals surface area contributed by atoms with Crippen molar-refractivity contribution in [1.29, 1.82) is 0 Å². The first-order valence-corrected chi connectivity index (χ1v) is 9.23. The number of likely N-dealkylation sites (N-methyl/N-ethyl adjacent to an activating group) is 2. The number of hydrogen-bond acceptors (Lipinski definition) is 6. The molecule has 2 aromatic heterocycles. The lowest BCUT2D eigenvalue weighted by molar-refractivity contribution is 0.0690. The second-order valence-electron chi connectivity index (χ2n) is 7.19. The van der Waals surface area contributed by atoms with E-state index in [0.29, 0.717) is 6.54 Å². The lowest BCUT2D eigenvalue weighted by Crippen LogP contribution is -2.38. The predicted octanol–water partition coefficient (Wildman–Crippen LogP) is 1.55. The highest BCUT2D eigenvalue weighted by Gasteiger charge is 2.14. The summed E-state index contributed by atoms with van der Waals surface area (Å²) in [5.41, 5.74) is 3.07. The number of pyridine rings is 2. The molecule has 0 atom stereocenters. The van der Waals surface area contributed by atoms with E-state index >= 15 is 0 Å². The molecule has 0 fully saturated rings. The van der Waals surface area contributed by atoms with Crippen molar-refractivity contribution in [2.45, 2.75) is 19.6 Å². The lowest BCUT2D eigenvalue weighted by Gasteiger charge is -2.28. The summed E-state index contributed by atoms with van der Waals surface area (Å²) in [5.74, 6) is -0.987. The molecule has 0 unspecified atom stereocenters. The van der Waals surface area contributed by atoms with E-state index < -0.39 is 5.97 Å². The van der Waals surface area contributed by atoms with E-state index in [1.165, 1.54) is 6.07 Å². The van der Waals surface area contributed by atoms with Crippen LogP contribution in [0.1, 0.15) is 27.6 Å². The molecule has 0 aliphatic carbocycles. The first-order chi connectivity index (χ1) is 13.0. The van der Waals surface area contributed by atoms with Crippen LogP contribution < -0.4 is 0 Å². The number of carbonyl (C=O) groups is 1. The van der Waals surface area contributed by atoms with Gasteiger partial charge in [-0.3, -0.25) is 19.7 Å². The van der Waals surface area contributed by atoms with Crippen LogP contribution in [0.25, 0.3) is 0 Å². The Morgan fingerprint density at radius 3 is 2.11 bits per heavy atom. The van der Waals surface area contributed by atoms with Crippen LogP contribution in [0.4, 0.5) is 0 Å². The van der Waals surface area contributed by atoms with Gasteiger partial charge in [-0.05, 0) is 38.4 Å². The van der Waals surface area contributed by atoms with Gasteiger partial charge in [0.15, 0.2) is 0 Å². The molecule has 144 valence electrons. The zero-order chi connectivity index (χ0) is 19.2. The van der Waals surface area contributed by atoms with Gasteiger partial charge in [-0.1, -0.05) is 12.1 Å². The van der Waals surface area contributed by atoms with Crippen LogP contribution >= 0.6 is 0 Å². The van der Waals surface area contributed by atoms with Crippen molar-refractivity contribution in [3.8, 4) is 0 Å². The minimum absolute atomic E-state index is 0.0978. The van der Waals surface area contributed by atoms with Gasteiger partial charge in [-0.15, -0.1) is 0 Å². The van der Waals surface area contributed by atoms with Gasteiger partial charge in [-0.2, -0.15) is 0 Å². The fraction of sp³-hybridized carbons (Fsp3) is 0.450. The Labute approximate surface area is 160 Å². The number of fused-ring (bicyclic) bond motifs is 2. The Morgan fingerprint density at radius 2 is 1.52 bits per heavy atom. The number of carboxylic acids is 1. The zero-order valence-electron chi connectivity index (χ0n) is 16.0. The molecule has 0 saturated carbocycles. The molecule has 0 radical (unpaired) electrons. The smallest absolute Gasteiger partial charge is 0.354 e. The monoisotopic (exact) mass is 369 g/mol. The molecular weight excluding hydrogens is 342 g/mol. The maximum atomic E-state index is 11.2. The summed E-state index contributed by atoms with van der Waals surface area (Å²) in [5, 5.41) is 9.16. The zero-order valence-corrected chi connectivity index (χ0v) is 16.0. The highest BCUT2D eigenvalue weighted by atomic mass is 16.4. The maximum Gasteiger partial charge on any atom is 0.354 e. The van der Waals surface area contributed by atoms with Crippen molar-refractivity contribution in [1.82, 2.24) is 24.7 Å². The molecule has 1 N–H and O–H groups in total. The van der Waals surface area contributed by atoms with Crippen molar-refractivity contribution < 1.29 is 9.90 Å².